The number of hydrogen-bond donors (Lipinski definition) is 0. The largest absolute Gasteiger partial charge is 0.495 e. The molecular formula is C16H8Cl7NO3. The van der Waals surface area contributed by atoms with Crippen LogP contribution < -0.4 is 9.64 Å². The molecule has 1 heterocycles. The molecule has 27 heavy (non-hydrogen) atoms. The minimum absolute atomic E-state index is 0.145. The number of halogens is 7. The maximum absolute atomic E-state index is 13.3. The maximum Gasteiger partial charge on any atom is 0.240 e. The van der Waals surface area contributed by atoms with Crippen molar-refractivity contribution in [2.45, 2.75) is 14.1 Å². The Balaban J connectivity index is 1.93. The van der Waals surface area contributed by atoms with E-state index in [4.69, 9.17) is 85.9 Å². The lowest BCUT2D eigenvalue weighted by Crippen LogP contribution is -2.50. The lowest BCUT2D eigenvalue weighted by Gasteiger charge is -2.34. The molecule has 1 aromatic rings. The quantitative estimate of drug-likeness (QED) is 0.401. The van der Waals surface area contributed by atoms with Crippen molar-refractivity contribution in [3.63, 3.8) is 0 Å². The number of amides is 2. The van der Waals surface area contributed by atoms with Crippen LogP contribution in [-0.2, 0) is 9.59 Å². The number of nitrogens with zero attached hydrogens (tertiary/aromatic N) is 1. The molecule has 0 unspecified atom stereocenters. The molecular weight excluding hydrogens is 502 g/mol. The molecule has 4 rings (SSSR count). The van der Waals surface area contributed by atoms with Crippen molar-refractivity contribution in [2.75, 3.05) is 12.0 Å². The van der Waals surface area contributed by atoms with E-state index in [1.54, 1.807) is 6.07 Å². The number of anilines is 1. The van der Waals surface area contributed by atoms with Gasteiger partial charge in [0.15, 0.2) is 4.33 Å². The van der Waals surface area contributed by atoms with Crippen molar-refractivity contribution < 1.29 is 14.3 Å². The van der Waals surface area contributed by atoms with Crippen molar-refractivity contribution in [3.8, 4) is 5.75 Å². The lowest BCUT2D eigenvalue weighted by molar-refractivity contribution is -0.123. The summed E-state index contributed by atoms with van der Waals surface area (Å²) in [6.07, 6.45) is 0. The summed E-state index contributed by atoms with van der Waals surface area (Å²) in [6, 6.07) is 4.51. The number of rotatable bonds is 2. The van der Waals surface area contributed by atoms with Gasteiger partial charge in [0.2, 0.25) is 11.8 Å². The SMILES string of the molecule is COc1ccc(Cl)cc1N1C(=O)[C@H]2[C@H](C1=O)[C@@]1(Cl)C(Cl)=C(Cl)[C@@]2(Cl)C1(Cl)Cl. The number of carbonyl (C=O) groups excluding carboxylic acids is 2. The summed E-state index contributed by atoms with van der Waals surface area (Å²) in [5, 5.41) is 0.00659. The van der Waals surface area contributed by atoms with Gasteiger partial charge in [-0.05, 0) is 18.2 Å². The van der Waals surface area contributed by atoms with Crippen LogP contribution in [0.5, 0.6) is 5.75 Å². The first-order valence-electron chi connectivity index (χ1n) is 7.49. The van der Waals surface area contributed by atoms with E-state index < -0.39 is 37.7 Å². The highest BCUT2D eigenvalue weighted by molar-refractivity contribution is 6.67. The van der Waals surface area contributed by atoms with Crippen molar-refractivity contribution in [3.05, 3.63) is 33.3 Å². The number of ether oxygens (including phenoxy) is 1. The molecule has 0 aromatic heterocycles. The number of benzene rings is 1. The Hall–Kier alpha value is -0.0700. The van der Waals surface area contributed by atoms with Gasteiger partial charge >= 0.3 is 0 Å². The number of imide groups is 1. The molecule has 2 aliphatic carbocycles. The van der Waals surface area contributed by atoms with Crippen LogP contribution in [0.2, 0.25) is 5.02 Å². The van der Waals surface area contributed by atoms with Crippen molar-refractivity contribution in [2.24, 2.45) is 11.8 Å². The van der Waals surface area contributed by atoms with Crippen LogP contribution >= 0.6 is 81.2 Å². The number of alkyl halides is 4. The van der Waals surface area contributed by atoms with Crippen LogP contribution in [0.3, 0.4) is 0 Å². The topological polar surface area (TPSA) is 46.6 Å². The fourth-order valence-electron chi connectivity index (χ4n) is 4.07. The molecule has 1 aliphatic heterocycles. The first-order valence-corrected chi connectivity index (χ1v) is 10.1. The molecule has 1 aromatic carbocycles. The van der Waals surface area contributed by atoms with E-state index >= 15 is 0 Å². The van der Waals surface area contributed by atoms with Gasteiger partial charge in [-0.3, -0.25) is 9.59 Å². The van der Waals surface area contributed by atoms with Gasteiger partial charge in [-0.15, -0.1) is 23.2 Å². The molecule has 0 N–H and O–H groups in total. The number of carbonyl (C=O) groups is 2. The Morgan fingerprint density at radius 2 is 1.41 bits per heavy atom. The van der Waals surface area contributed by atoms with E-state index in [9.17, 15) is 9.59 Å². The summed E-state index contributed by atoms with van der Waals surface area (Å²) in [5.74, 6) is -3.50. The Morgan fingerprint density at radius 3 is 1.85 bits per heavy atom. The van der Waals surface area contributed by atoms with Gasteiger partial charge < -0.3 is 4.74 Å². The van der Waals surface area contributed by atoms with Crippen LogP contribution in [0.1, 0.15) is 0 Å². The number of allylic oxidation sites excluding steroid dienone is 2. The third-order valence-electron chi connectivity index (χ3n) is 5.29. The van der Waals surface area contributed by atoms with E-state index in [1.807, 2.05) is 0 Å². The van der Waals surface area contributed by atoms with Gasteiger partial charge in [-0.25, -0.2) is 4.90 Å². The fourth-order valence-corrected chi connectivity index (χ4v) is 7.17. The summed E-state index contributed by atoms with van der Waals surface area (Å²) in [7, 11) is 1.40. The van der Waals surface area contributed by atoms with Crippen LogP contribution in [-0.4, -0.2) is 33.0 Å². The summed E-state index contributed by atoms with van der Waals surface area (Å²) in [6.45, 7) is 0. The fraction of sp³-hybridized carbons (Fsp3) is 0.375. The monoisotopic (exact) mass is 507 g/mol. The molecule has 2 fully saturated rings. The number of fused-ring (bicyclic) bond motifs is 5. The highest BCUT2D eigenvalue weighted by Crippen LogP contribution is 2.77. The van der Waals surface area contributed by atoms with Crippen molar-refractivity contribution >= 4 is 98.7 Å². The molecule has 4 atom stereocenters. The first-order chi connectivity index (χ1) is 12.5. The van der Waals surface area contributed by atoms with E-state index in [1.165, 1.54) is 19.2 Å². The number of hydrogen-bond acceptors (Lipinski definition) is 3. The van der Waals surface area contributed by atoms with Gasteiger partial charge in [0.05, 0.1) is 34.7 Å². The second-order valence-corrected chi connectivity index (χ2v) is 10.1. The van der Waals surface area contributed by atoms with E-state index in [0.717, 1.165) is 4.90 Å². The summed E-state index contributed by atoms with van der Waals surface area (Å²) in [5.41, 5.74) is 0.149. The summed E-state index contributed by atoms with van der Waals surface area (Å²) < 4.78 is 3.28. The van der Waals surface area contributed by atoms with E-state index in [-0.39, 0.29) is 21.5 Å². The zero-order valence-corrected chi connectivity index (χ0v) is 18.5. The Labute approximate surface area is 189 Å². The average molecular weight is 510 g/mol. The maximum atomic E-state index is 13.3. The minimum atomic E-state index is -1.97. The standard InChI is InChI=1S/C16H8Cl7NO3/c1-27-7-3-2-5(17)4-6(7)24-12(25)8-9(13(24)26)15(21)11(19)10(18)14(8,20)16(15,22)23/h2-4,8-9H,1H3/t8-,9-,14-,15-/m1/s1. The second kappa shape index (κ2) is 5.98. The van der Waals surface area contributed by atoms with Crippen LogP contribution in [0.25, 0.3) is 0 Å². The van der Waals surface area contributed by atoms with Crippen LogP contribution in [0, 0.1) is 11.8 Å². The molecule has 1 saturated heterocycles. The van der Waals surface area contributed by atoms with Crippen LogP contribution in [0.4, 0.5) is 5.69 Å². The highest BCUT2D eigenvalue weighted by atomic mass is 35.5. The Bertz CT molecular complexity index is 902. The molecule has 0 spiro atoms. The van der Waals surface area contributed by atoms with Gasteiger partial charge in [0.1, 0.15) is 15.5 Å². The molecule has 3 aliphatic rings. The number of methoxy groups -OCH3 is 1. The first kappa shape index (κ1) is 20.2. The molecule has 4 nitrogen and oxygen atoms in total. The van der Waals surface area contributed by atoms with Gasteiger partial charge in [-0.1, -0.05) is 58.0 Å². The predicted molar refractivity (Wildman–Crippen MR) is 108 cm³/mol. The van der Waals surface area contributed by atoms with Gasteiger partial charge in [-0.2, -0.15) is 0 Å². The second-order valence-electron chi connectivity index (χ2n) is 6.41. The molecule has 2 amide bonds. The lowest BCUT2D eigenvalue weighted by atomic mass is 9.84. The molecule has 2 bridgehead atoms. The highest BCUT2D eigenvalue weighted by Gasteiger charge is 2.87. The van der Waals surface area contributed by atoms with Crippen molar-refractivity contribution in [1.29, 1.82) is 0 Å². The zero-order chi connectivity index (χ0) is 20.1. The third kappa shape index (κ3) is 2.06. The van der Waals surface area contributed by atoms with E-state index in [2.05, 4.69) is 0 Å². The normalized spacial score (nSPS) is 36.7. The third-order valence-corrected chi connectivity index (χ3v) is 9.78. The van der Waals surface area contributed by atoms with E-state index in [0.29, 0.717) is 5.02 Å². The zero-order valence-electron chi connectivity index (χ0n) is 13.2. The molecule has 0 radical (unpaired) electrons. The van der Waals surface area contributed by atoms with Gasteiger partial charge in [0.25, 0.3) is 0 Å². The Morgan fingerprint density at radius 1 is 0.926 bits per heavy atom. The Kier molecular flexibility index (Phi) is 4.47. The molecule has 1 saturated carbocycles. The summed E-state index contributed by atoms with van der Waals surface area (Å²) in [4.78, 5) is 23.8. The molecule has 11 heteroatoms. The smallest absolute Gasteiger partial charge is 0.240 e. The predicted octanol–water partition coefficient (Wildman–Crippen LogP) is 5.30. The van der Waals surface area contributed by atoms with Gasteiger partial charge in [0, 0.05) is 5.02 Å². The summed E-state index contributed by atoms with van der Waals surface area (Å²) >= 11 is 44.8. The van der Waals surface area contributed by atoms with Crippen molar-refractivity contribution in [1.82, 2.24) is 0 Å². The molecule has 144 valence electrons. The minimum Gasteiger partial charge on any atom is -0.495 e. The van der Waals surface area contributed by atoms with Crippen LogP contribution in [0.15, 0.2) is 28.3 Å². The average Bonchev–Trinajstić information content (AvgIpc) is 2.99.